The first-order valence-electron chi connectivity index (χ1n) is 10.9. The Bertz CT molecular complexity index is 1120. The molecule has 1 aromatic heterocycles. The Balaban J connectivity index is 1.39. The van der Waals surface area contributed by atoms with E-state index in [4.69, 9.17) is 4.74 Å². The van der Waals surface area contributed by atoms with Gasteiger partial charge in [0.2, 0.25) is 0 Å². The van der Waals surface area contributed by atoms with Crippen molar-refractivity contribution in [1.82, 2.24) is 9.88 Å². The predicted molar refractivity (Wildman–Crippen MR) is 116 cm³/mol. The monoisotopic (exact) mass is 442 g/mol. The highest BCUT2D eigenvalue weighted by molar-refractivity contribution is 5.84. The summed E-state index contributed by atoms with van der Waals surface area (Å²) >= 11 is 0. The number of benzene rings is 2. The predicted octanol–water partition coefficient (Wildman–Crippen LogP) is 5.17. The molecule has 32 heavy (non-hydrogen) atoms. The number of methoxy groups -OCH3 is 1. The molecule has 3 aliphatic rings. The topological polar surface area (TPSA) is 45.6 Å². The van der Waals surface area contributed by atoms with Crippen molar-refractivity contribution in [1.29, 1.82) is 0 Å². The molecule has 6 rings (SSSR count). The molecule has 0 radical (unpaired) electrons. The minimum Gasteiger partial charge on any atom is -0.497 e. The Hall–Kier alpha value is -2.64. The van der Waals surface area contributed by atoms with E-state index in [1.807, 2.05) is 24.3 Å². The second kappa shape index (κ2) is 8.05. The lowest BCUT2D eigenvalue weighted by atomic mass is 9.71. The molecule has 1 N–H and O–H groups in total. The molecule has 3 saturated heterocycles. The van der Waals surface area contributed by atoms with Gasteiger partial charge in [0.05, 0.1) is 24.3 Å². The number of hydrogen-bond donors (Lipinski definition) is 1. The van der Waals surface area contributed by atoms with Gasteiger partial charge in [0.25, 0.3) is 0 Å². The lowest BCUT2D eigenvalue weighted by molar-refractivity contribution is -0.137. The van der Waals surface area contributed by atoms with Gasteiger partial charge in [0.1, 0.15) is 5.75 Å². The van der Waals surface area contributed by atoms with Crippen LogP contribution in [0.2, 0.25) is 0 Å². The van der Waals surface area contributed by atoms with Crippen LogP contribution in [0.3, 0.4) is 0 Å². The Morgan fingerprint density at radius 1 is 1.12 bits per heavy atom. The first-order valence-corrected chi connectivity index (χ1v) is 10.9. The van der Waals surface area contributed by atoms with Crippen LogP contribution in [-0.4, -0.2) is 41.2 Å². The number of aromatic nitrogens is 1. The molecule has 5 atom stereocenters. The summed E-state index contributed by atoms with van der Waals surface area (Å²) in [5, 5.41) is 12.3. The second-order valence-electron chi connectivity index (χ2n) is 8.80. The molecule has 0 spiro atoms. The van der Waals surface area contributed by atoms with Gasteiger partial charge in [-0.25, -0.2) is 0 Å². The molecule has 4 nitrogen and oxygen atoms in total. The van der Waals surface area contributed by atoms with Crippen molar-refractivity contribution >= 4 is 10.9 Å². The summed E-state index contributed by atoms with van der Waals surface area (Å²) in [6.45, 7) is 1.62. The third-order valence-electron chi connectivity index (χ3n) is 7.13. The zero-order valence-corrected chi connectivity index (χ0v) is 17.7. The standard InChI is InChI=1S/C25H25F3N2O2/c1-32-18-6-7-22-20(13-18)19(8-10-29-22)24(31)23-12-16-9-11-30(23)14-21(16)15-2-4-17(5-3-15)25(26,27)28/h2-8,10,13,16,21,23-24,31H,9,11-12,14H2,1H3/t16?,21?,23?,24-/m1/s1. The number of rotatable bonds is 4. The quantitative estimate of drug-likeness (QED) is 0.605. The summed E-state index contributed by atoms with van der Waals surface area (Å²) < 4.78 is 44.1. The van der Waals surface area contributed by atoms with E-state index in [0.717, 1.165) is 48.0 Å². The number of hydrogen-bond acceptors (Lipinski definition) is 4. The van der Waals surface area contributed by atoms with Crippen LogP contribution in [0, 0.1) is 5.92 Å². The maximum absolute atomic E-state index is 12.9. The van der Waals surface area contributed by atoms with Crippen molar-refractivity contribution in [3.63, 3.8) is 0 Å². The molecular formula is C25H25F3N2O2. The summed E-state index contributed by atoms with van der Waals surface area (Å²) in [5.74, 6) is 1.23. The zero-order valence-electron chi connectivity index (χ0n) is 17.7. The molecule has 0 amide bonds. The lowest BCUT2D eigenvalue weighted by Gasteiger charge is -2.51. The Morgan fingerprint density at radius 3 is 2.56 bits per heavy atom. The molecule has 7 heteroatoms. The van der Waals surface area contributed by atoms with Gasteiger partial charge in [-0.2, -0.15) is 13.2 Å². The van der Waals surface area contributed by atoms with E-state index in [1.54, 1.807) is 25.4 Å². The summed E-state index contributed by atoms with van der Waals surface area (Å²) in [7, 11) is 1.61. The number of alkyl halides is 3. The Morgan fingerprint density at radius 2 is 1.91 bits per heavy atom. The average molecular weight is 442 g/mol. The van der Waals surface area contributed by atoms with Crippen molar-refractivity contribution in [3.05, 3.63) is 71.4 Å². The van der Waals surface area contributed by atoms with Crippen molar-refractivity contribution in [2.24, 2.45) is 5.92 Å². The van der Waals surface area contributed by atoms with E-state index >= 15 is 0 Å². The van der Waals surface area contributed by atoms with Crippen LogP contribution in [0.1, 0.15) is 41.6 Å². The molecule has 3 fully saturated rings. The summed E-state index contributed by atoms with van der Waals surface area (Å²) in [6.07, 6.45) is -1.49. The van der Waals surface area contributed by atoms with Crippen LogP contribution in [0.4, 0.5) is 13.2 Å². The summed E-state index contributed by atoms with van der Waals surface area (Å²) in [5.41, 5.74) is 1.97. The van der Waals surface area contributed by atoms with Crippen molar-refractivity contribution in [2.75, 3.05) is 20.2 Å². The third-order valence-corrected chi connectivity index (χ3v) is 7.13. The van der Waals surface area contributed by atoms with Crippen LogP contribution < -0.4 is 4.74 Å². The molecule has 4 heterocycles. The lowest BCUT2D eigenvalue weighted by Crippen LogP contribution is -2.54. The fourth-order valence-corrected chi connectivity index (χ4v) is 5.43. The molecule has 2 bridgehead atoms. The number of halogens is 3. The van der Waals surface area contributed by atoms with Crippen molar-refractivity contribution < 1.29 is 23.0 Å². The Kier molecular flexibility index (Phi) is 5.34. The molecule has 4 unspecified atom stereocenters. The van der Waals surface area contributed by atoms with E-state index in [2.05, 4.69) is 9.88 Å². The van der Waals surface area contributed by atoms with Gasteiger partial charge in [-0.3, -0.25) is 9.88 Å². The highest BCUT2D eigenvalue weighted by Gasteiger charge is 2.44. The Labute approximate surface area is 184 Å². The van der Waals surface area contributed by atoms with Gasteiger partial charge in [0.15, 0.2) is 0 Å². The molecular weight excluding hydrogens is 417 g/mol. The summed E-state index contributed by atoms with van der Waals surface area (Å²) in [4.78, 5) is 6.70. The van der Waals surface area contributed by atoms with E-state index < -0.39 is 17.8 Å². The van der Waals surface area contributed by atoms with Crippen LogP contribution in [0.15, 0.2) is 54.7 Å². The van der Waals surface area contributed by atoms with Gasteiger partial charge in [-0.15, -0.1) is 0 Å². The van der Waals surface area contributed by atoms with Crippen LogP contribution in [-0.2, 0) is 6.18 Å². The first kappa shape index (κ1) is 21.2. The van der Waals surface area contributed by atoms with E-state index in [0.29, 0.717) is 11.7 Å². The second-order valence-corrected chi connectivity index (χ2v) is 8.80. The normalized spacial score (nSPS) is 26.3. The fourth-order valence-electron chi connectivity index (χ4n) is 5.43. The number of fused-ring (bicyclic) bond motifs is 4. The number of aliphatic hydroxyl groups excluding tert-OH is 1. The summed E-state index contributed by atoms with van der Waals surface area (Å²) in [6, 6.07) is 13.1. The largest absolute Gasteiger partial charge is 0.497 e. The van der Waals surface area contributed by atoms with E-state index in [9.17, 15) is 18.3 Å². The van der Waals surface area contributed by atoms with E-state index in [1.165, 1.54) is 12.1 Å². The maximum atomic E-state index is 12.9. The first-order chi connectivity index (χ1) is 15.3. The number of aliphatic hydroxyl groups is 1. The van der Waals surface area contributed by atoms with Gasteiger partial charge in [-0.1, -0.05) is 12.1 Å². The number of pyridine rings is 1. The van der Waals surface area contributed by atoms with Crippen LogP contribution >= 0.6 is 0 Å². The minimum atomic E-state index is -4.32. The minimum absolute atomic E-state index is 0.0313. The smallest absolute Gasteiger partial charge is 0.416 e. The number of piperidine rings is 3. The SMILES string of the molecule is COc1ccc2nccc([C@@H](O)C3CC4CCN3CC4c3ccc(C(F)(F)F)cc3)c2c1. The molecule has 3 aliphatic heterocycles. The van der Waals surface area contributed by atoms with Crippen LogP contribution in [0.25, 0.3) is 10.9 Å². The fraction of sp³-hybridized carbons (Fsp3) is 0.400. The van der Waals surface area contributed by atoms with Crippen LogP contribution in [0.5, 0.6) is 5.75 Å². The zero-order chi connectivity index (χ0) is 22.5. The molecule has 168 valence electrons. The van der Waals surface area contributed by atoms with Gasteiger partial charge >= 0.3 is 6.18 Å². The van der Waals surface area contributed by atoms with Gasteiger partial charge < -0.3 is 9.84 Å². The molecule has 3 aromatic rings. The highest BCUT2D eigenvalue weighted by atomic mass is 19.4. The van der Waals surface area contributed by atoms with Gasteiger partial charge in [0, 0.05) is 24.2 Å². The molecule has 0 aliphatic carbocycles. The molecule has 2 aromatic carbocycles. The third kappa shape index (κ3) is 3.73. The number of ether oxygens (including phenoxy) is 1. The highest BCUT2D eigenvalue weighted by Crippen LogP contribution is 2.46. The van der Waals surface area contributed by atoms with E-state index in [-0.39, 0.29) is 12.0 Å². The maximum Gasteiger partial charge on any atom is 0.416 e. The average Bonchev–Trinajstić information content (AvgIpc) is 2.82. The molecule has 0 saturated carbocycles. The van der Waals surface area contributed by atoms with Crippen molar-refractivity contribution in [3.8, 4) is 5.75 Å². The van der Waals surface area contributed by atoms with Gasteiger partial charge in [-0.05, 0) is 78.7 Å². The number of nitrogens with zero attached hydrogens (tertiary/aromatic N) is 2. The van der Waals surface area contributed by atoms with Crippen molar-refractivity contribution in [2.45, 2.75) is 37.1 Å².